The van der Waals surface area contributed by atoms with E-state index in [0.29, 0.717) is 17.9 Å². The zero-order chi connectivity index (χ0) is 15.2. The number of morpholine rings is 1. The second-order valence-corrected chi connectivity index (χ2v) is 6.89. The minimum atomic E-state index is 0.386. The quantitative estimate of drug-likeness (QED) is 0.715. The Labute approximate surface area is 133 Å². The minimum absolute atomic E-state index is 0.386. The van der Waals surface area contributed by atoms with Crippen molar-refractivity contribution < 1.29 is 14.3 Å². The molecule has 3 aliphatic rings. The molecule has 5 nitrogen and oxygen atoms in total. The molecule has 1 aliphatic carbocycles. The van der Waals surface area contributed by atoms with Gasteiger partial charge in [-0.05, 0) is 38.0 Å². The van der Waals surface area contributed by atoms with Crippen LogP contribution in [0.5, 0.6) is 0 Å². The van der Waals surface area contributed by atoms with Gasteiger partial charge in [-0.2, -0.15) is 0 Å². The summed E-state index contributed by atoms with van der Waals surface area (Å²) in [6.45, 7) is 7.38. The molecule has 5 heteroatoms. The molecule has 0 unspecified atom stereocenters. The van der Waals surface area contributed by atoms with E-state index in [0.717, 1.165) is 78.3 Å². The van der Waals surface area contributed by atoms with Crippen LogP contribution >= 0.6 is 0 Å². The lowest BCUT2D eigenvalue weighted by Crippen LogP contribution is -2.45. The first kappa shape index (κ1) is 16.2. The second kappa shape index (κ2) is 8.27. The summed E-state index contributed by atoms with van der Waals surface area (Å²) in [6, 6.07) is 0.407. The summed E-state index contributed by atoms with van der Waals surface area (Å²) in [5.41, 5.74) is 0. The monoisotopic (exact) mass is 310 g/mol. The number of hydrogen-bond donors (Lipinski definition) is 0. The van der Waals surface area contributed by atoms with Crippen molar-refractivity contribution in [3.8, 4) is 0 Å². The lowest BCUT2D eigenvalue weighted by molar-refractivity contribution is -0.136. The summed E-state index contributed by atoms with van der Waals surface area (Å²) in [5.74, 6) is 1.06. The third-order valence-electron chi connectivity index (χ3n) is 5.09. The van der Waals surface area contributed by atoms with E-state index in [-0.39, 0.29) is 0 Å². The van der Waals surface area contributed by atoms with Gasteiger partial charge in [0.1, 0.15) is 0 Å². The molecule has 0 bridgehead atoms. The molecular weight excluding hydrogens is 280 g/mol. The van der Waals surface area contributed by atoms with Crippen molar-refractivity contribution in [3.05, 3.63) is 0 Å². The van der Waals surface area contributed by atoms with Gasteiger partial charge < -0.3 is 14.4 Å². The molecule has 0 aromatic rings. The molecule has 0 aromatic heterocycles. The van der Waals surface area contributed by atoms with Crippen LogP contribution in [0.2, 0.25) is 0 Å². The van der Waals surface area contributed by atoms with E-state index in [1.807, 2.05) is 0 Å². The van der Waals surface area contributed by atoms with E-state index < -0.39 is 0 Å². The Hall–Kier alpha value is -0.650. The highest BCUT2D eigenvalue weighted by Gasteiger charge is 2.30. The third-order valence-corrected chi connectivity index (χ3v) is 5.09. The Morgan fingerprint density at radius 3 is 2.36 bits per heavy atom. The fourth-order valence-corrected chi connectivity index (χ4v) is 3.48. The molecule has 2 heterocycles. The van der Waals surface area contributed by atoms with Crippen molar-refractivity contribution in [2.24, 2.45) is 5.92 Å². The molecule has 2 saturated heterocycles. The maximum Gasteiger partial charge on any atom is 0.223 e. The molecule has 1 amide bonds. The smallest absolute Gasteiger partial charge is 0.223 e. The Balaban J connectivity index is 1.46. The van der Waals surface area contributed by atoms with Crippen LogP contribution in [0.3, 0.4) is 0 Å². The van der Waals surface area contributed by atoms with E-state index in [2.05, 4.69) is 9.80 Å². The predicted octanol–water partition coefficient (Wildman–Crippen LogP) is 1.52. The molecular formula is C17H30N2O3. The van der Waals surface area contributed by atoms with Gasteiger partial charge >= 0.3 is 0 Å². The van der Waals surface area contributed by atoms with Crippen molar-refractivity contribution in [2.75, 3.05) is 52.6 Å². The molecule has 22 heavy (non-hydrogen) atoms. The molecule has 3 rings (SSSR count). The maximum atomic E-state index is 12.6. The maximum absolute atomic E-state index is 12.6. The SMILES string of the molecule is O=C(CC1CC1)N(CCCN1CCOCC1)C1CCOCC1. The van der Waals surface area contributed by atoms with Crippen LogP contribution < -0.4 is 0 Å². The van der Waals surface area contributed by atoms with Crippen LogP contribution in [0.4, 0.5) is 0 Å². The first-order valence-electron chi connectivity index (χ1n) is 9.00. The van der Waals surface area contributed by atoms with Gasteiger partial charge in [0.15, 0.2) is 0 Å². The summed E-state index contributed by atoms with van der Waals surface area (Å²) >= 11 is 0. The van der Waals surface area contributed by atoms with Gasteiger partial charge in [-0.3, -0.25) is 9.69 Å². The Morgan fingerprint density at radius 2 is 1.68 bits per heavy atom. The number of carbonyl (C=O) groups excluding carboxylic acids is 1. The van der Waals surface area contributed by atoms with Crippen LogP contribution in [0, 0.1) is 5.92 Å². The van der Waals surface area contributed by atoms with Crippen LogP contribution in [0.25, 0.3) is 0 Å². The first-order valence-corrected chi connectivity index (χ1v) is 9.00. The van der Waals surface area contributed by atoms with Crippen molar-refractivity contribution in [2.45, 2.75) is 44.6 Å². The lowest BCUT2D eigenvalue weighted by Gasteiger charge is -2.35. The highest BCUT2D eigenvalue weighted by Crippen LogP contribution is 2.33. The zero-order valence-corrected chi connectivity index (χ0v) is 13.7. The fraction of sp³-hybridized carbons (Fsp3) is 0.941. The fourth-order valence-electron chi connectivity index (χ4n) is 3.48. The number of carbonyl (C=O) groups is 1. The van der Waals surface area contributed by atoms with Gasteiger partial charge in [0.2, 0.25) is 5.91 Å². The summed E-state index contributed by atoms with van der Waals surface area (Å²) in [7, 11) is 0. The van der Waals surface area contributed by atoms with Gasteiger partial charge in [0, 0.05) is 51.9 Å². The van der Waals surface area contributed by atoms with E-state index in [1.54, 1.807) is 0 Å². The van der Waals surface area contributed by atoms with E-state index in [1.165, 1.54) is 12.8 Å². The normalized spacial score (nSPS) is 24.4. The highest BCUT2D eigenvalue weighted by atomic mass is 16.5. The average molecular weight is 310 g/mol. The van der Waals surface area contributed by atoms with Crippen molar-refractivity contribution in [1.82, 2.24) is 9.80 Å². The Kier molecular flexibility index (Phi) is 6.10. The second-order valence-electron chi connectivity index (χ2n) is 6.89. The number of rotatable bonds is 7. The van der Waals surface area contributed by atoms with Crippen molar-refractivity contribution >= 4 is 5.91 Å². The number of amides is 1. The first-order chi connectivity index (χ1) is 10.8. The molecule has 0 radical (unpaired) electrons. The number of hydrogen-bond acceptors (Lipinski definition) is 4. The van der Waals surface area contributed by atoms with Crippen LogP contribution in [0.15, 0.2) is 0 Å². The highest BCUT2D eigenvalue weighted by molar-refractivity contribution is 5.77. The lowest BCUT2D eigenvalue weighted by atomic mass is 10.1. The molecule has 0 aromatic carbocycles. The molecule has 126 valence electrons. The molecule has 2 aliphatic heterocycles. The topological polar surface area (TPSA) is 42.0 Å². The minimum Gasteiger partial charge on any atom is -0.381 e. The summed E-state index contributed by atoms with van der Waals surface area (Å²) < 4.78 is 10.9. The molecule has 3 fully saturated rings. The Bertz CT molecular complexity index is 348. The number of nitrogens with zero attached hydrogens (tertiary/aromatic N) is 2. The van der Waals surface area contributed by atoms with Gasteiger partial charge in [-0.1, -0.05) is 0 Å². The zero-order valence-electron chi connectivity index (χ0n) is 13.7. The summed E-state index contributed by atoms with van der Waals surface area (Å²) in [4.78, 5) is 17.3. The van der Waals surface area contributed by atoms with Gasteiger partial charge in [0.05, 0.1) is 13.2 Å². The van der Waals surface area contributed by atoms with Gasteiger partial charge in [-0.15, -0.1) is 0 Å². The van der Waals surface area contributed by atoms with E-state index in [9.17, 15) is 4.79 Å². The molecule has 1 saturated carbocycles. The summed E-state index contributed by atoms with van der Waals surface area (Å²) in [5, 5.41) is 0. The van der Waals surface area contributed by atoms with Gasteiger partial charge in [-0.25, -0.2) is 0 Å². The van der Waals surface area contributed by atoms with Crippen LogP contribution in [-0.4, -0.2) is 74.4 Å². The molecule has 0 N–H and O–H groups in total. The van der Waals surface area contributed by atoms with Crippen LogP contribution in [-0.2, 0) is 14.3 Å². The molecule has 0 spiro atoms. The van der Waals surface area contributed by atoms with E-state index in [4.69, 9.17) is 9.47 Å². The van der Waals surface area contributed by atoms with Gasteiger partial charge in [0.25, 0.3) is 0 Å². The average Bonchev–Trinajstić information content (AvgIpc) is 3.37. The summed E-state index contributed by atoms with van der Waals surface area (Å²) in [6.07, 6.45) is 6.37. The van der Waals surface area contributed by atoms with E-state index >= 15 is 0 Å². The Morgan fingerprint density at radius 1 is 1.00 bits per heavy atom. The third kappa shape index (κ3) is 4.93. The predicted molar refractivity (Wildman–Crippen MR) is 84.8 cm³/mol. The standard InChI is InChI=1S/C17H30N2O3/c20-17(14-15-2-3-15)19(16-4-10-21-11-5-16)7-1-6-18-8-12-22-13-9-18/h15-16H,1-14H2. The largest absolute Gasteiger partial charge is 0.381 e. The van der Waals surface area contributed by atoms with Crippen molar-refractivity contribution in [1.29, 1.82) is 0 Å². The number of ether oxygens (including phenoxy) is 2. The van der Waals surface area contributed by atoms with Crippen molar-refractivity contribution in [3.63, 3.8) is 0 Å². The molecule has 0 atom stereocenters. The van der Waals surface area contributed by atoms with Crippen LogP contribution in [0.1, 0.15) is 38.5 Å².